The molecule has 1 aromatic carbocycles. The number of thioether (sulfide) groups is 1. The number of amides is 1. The Bertz CT molecular complexity index is 679. The van der Waals surface area contributed by atoms with Gasteiger partial charge in [0.05, 0.1) is 5.25 Å². The molecular weight excluding hydrogens is 328 g/mol. The van der Waals surface area contributed by atoms with Crippen LogP contribution in [-0.4, -0.2) is 26.9 Å². The van der Waals surface area contributed by atoms with Gasteiger partial charge in [0.25, 0.3) is 0 Å². The van der Waals surface area contributed by atoms with Crippen LogP contribution >= 0.6 is 23.1 Å². The number of aryl methyl sites for hydroxylation is 1. The van der Waals surface area contributed by atoms with E-state index in [2.05, 4.69) is 41.6 Å². The van der Waals surface area contributed by atoms with Crippen LogP contribution in [0.5, 0.6) is 0 Å². The first kappa shape index (κ1) is 17.7. The van der Waals surface area contributed by atoms with Gasteiger partial charge in [-0.3, -0.25) is 4.79 Å². The van der Waals surface area contributed by atoms with Crippen molar-refractivity contribution in [3.63, 3.8) is 0 Å². The van der Waals surface area contributed by atoms with Crippen molar-refractivity contribution in [1.29, 1.82) is 0 Å². The molecule has 0 bridgehead atoms. The summed E-state index contributed by atoms with van der Waals surface area (Å²) in [4.78, 5) is 12.3. The van der Waals surface area contributed by atoms with Crippen LogP contribution in [0.15, 0.2) is 28.6 Å². The third-order valence-corrected chi connectivity index (χ3v) is 4.96. The van der Waals surface area contributed by atoms with Crippen molar-refractivity contribution in [3.8, 4) is 0 Å². The van der Waals surface area contributed by atoms with Crippen LogP contribution < -0.4 is 10.6 Å². The number of aromatic nitrogens is 2. The molecule has 0 unspecified atom stereocenters. The number of nitrogens with zero attached hydrogens (tertiary/aromatic N) is 2. The summed E-state index contributed by atoms with van der Waals surface area (Å²) in [5, 5.41) is 15.0. The number of para-hydroxylation sites is 1. The van der Waals surface area contributed by atoms with E-state index in [9.17, 15) is 4.79 Å². The quantitative estimate of drug-likeness (QED) is 0.792. The average Bonchev–Trinajstić information content (AvgIpc) is 2.86. The predicted octanol–water partition coefficient (Wildman–Crippen LogP) is 4.18. The van der Waals surface area contributed by atoms with Gasteiger partial charge in [0, 0.05) is 11.2 Å². The maximum Gasteiger partial charge on any atom is 0.237 e. The Hall–Kier alpha value is -1.60. The molecule has 7 heteroatoms. The SMILES string of the molecule is Cc1ccccc1NC(=O)[C@H](C)Sc1nnc(NC(C)(C)C)s1. The van der Waals surface area contributed by atoms with Crippen molar-refractivity contribution in [3.05, 3.63) is 29.8 Å². The molecule has 0 spiro atoms. The third-order valence-electron chi connectivity index (χ3n) is 2.94. The first-order valence-corrected chi connectivity index (χ1v) is 9.09. The Balaban J connectivity index is 1.95. The van der Waals surface area contributed by atoms with Crippen LogP contribution in [0.3, 0.4) is 0 Å². The fourth-order valence-corrected chi connectivity index (χ4v) is 3.89. The summed E-state index contributed by atoms with van der Waals surface area (Å²) in [6.07, 6.45) is 0. The van der Waals surface area contributed by atoms with Gasteiger partial charge < -0.3 is 10.6 Å². The zero-order valence-corrected chi connectivity index (χ0v) is 15.6. The smallest absolute Gasteiger partial charge is 0.237 e. The molecule has 0 aliphatic rings. The van der Waals surface area contributed by atoms with Crippen LogP contribution in [0.1, 0.15) is 33.3 Å². The second kappa shape index (κ2) is 7.31. The molecule has 0 radical (unpaired) electrons. The maximum atomic E-state index is 12.3. The summed E-state index contributed by atoms with van der Waals surface area (Å²) in [6.45, 7) is 10.1. The minimum atomic E-state index is -0.245. The normalized spacial score (nSPS) is 12.7. The lowest BCUT2D eigenvalue weighted by Gasteiger charge is -2.18. The van der Waals surface area contributed by atoms with Gasteiger partial charge in [-0.2, -0.15) is 0 Å². The lowest BCUT2D eigenvalue weighted by Crippen LogP contribution is -2.25. The molecule has 0 aliphatic heterocycles. The number of anilines is 2. The molecular formula is C16H22N4OS2. The Morgan fingerprint density at radius 1 is 1.26 bits per heavy atom. The minimum Gasteiger partial charge on any atom is -0.355 e. The van der Waals surface area contributed by atoms with E-state index in [1.807, 2.05) is 38.1 Å². The van der Waals surface area contributed by atoms with Gasteiger partial charge in [0.2, 0.25) is 11.0 Å². The molecule has 23 heavy (non-hydrogen) atoms. The van der Waals surface area contributed by atoms with Crippen molar-refractivity contribution < 1.29 is 4.79 Å². The van der Waals surface area contributed by atoms with E-state index in [1.165, 1.54) is 23.1 Å². The van der Waals surface area contributed by atoms with E-state index in [0.717, 1.165) is 20.7 Å². The van der Waals surface area contributed by atoms with E-state index in [0.29, 0.717) is 0 Å². The van der Waals surface area contributed by atoms with Gasteiger partial charge >= 0.3 is 0 Å². The molecule has 124 valence electrons. The first-order valence-electron chi connectivity index (χ1n) is 7.39. The lowest BCUT2D eigenvalue weighted by atomic mass is 10.1. The van der Waals surface area contributed by atoms with Gasteiger partial charge in [0.15, 0.2) is 4.34 Å². The molecule has 2 aromatic rings. The Morgan fingerprint density at radius 2 is 1.96 bits per heavy atom. The summed E-state index contributed by atoms with van der Waals surface area (Å²) in [5.41, 5.74) is 1.83. The molecule has 2 N–H and O–H groups in total. The summed E-state index contributed by atoms with van der Waals surface area (Å²) < 4.78 is 0.782. The van der Waals surface area contributed by atoms with Crippen molar-refractivity contribution in [1.82, 2.24) is 10.2 Å². The largest absolute Gasteiger partial charge is 0.355 e. The standard InChI is InChI=1S/C16H22N4OS2/c1-10-8-6-7-9-12(10)17-13(21)11(2)22-15-20-19-14(23-15)18-16(3,4)5/h6-9,11H,1-5H3,(H,17,21)(H,18,19)/t11-/m0/s1. The lowest BCUT2D eigenvalue weighted by molar-refractivity contribution is -0.115. The van der Waals surface area contributed by atoms with E-state index in [4.69, 9.17) is 0 Å². The number of hydrogen-bond donors (Lipinski definition) is 2. The summed E-state index contributed by atoms with van der Waals surface area (Å²) in [5.74, 6) is -0.0372. The molecule has 0 saturated carbocycles. The molecule has 0 aliphatic carbocycles. The van der Waals surface area contributed by atoms with Crippen LogP contribution in [0.4, 0.5) is 10.8 Å². The topological polar surface area (TPSA) is 66.9 Å². The Labute approximate surface area is 145 Å². The second-order valence-electron chi connectivity index (χ2n) is 6.31. The van der Waals surface area contributed by atoms with E-state index >= 15 is 0 Å². The molecule has 1 atom stereocenters. The van der Waals surface area contributed by atoms with Crippen LogP contribution in [0.25, 0.3) is 0 Å². The van der Waals surface area contributed by atoms with E-state index in [-0.39, 0.29) is 16.7 Å². The van der Waals surface area contributed by atoms with Gasteiger partial charge in [-0.15, -0.1) is 10.2 Å². The Kier molecular flexibility index (Phi) is 5.64. The van der Waals surface area contributed by atoms with Crippen LogP contribution in [0.2, 0.25) is 0 Å². The first-order chi connectivity index (χ1) is 10.7. The molecule has 0 fully saturated rings. The highest BCUT2D eigenvalue weighted by molar-refractivity contribution is 8.02. The number of benzene rings is 1. The van der Waals surface area contributed by atoms with E-state index in [1.54, 1.807) is 0 Å². The van der Waals surface area contributed by atoms with Crippen molar-refractivity contribution >= 4 is 39.8 Å². The summed E-state index contributed by atoms with van der Waals surface area (Å²) in [7, 11) is 0. The zero-order valence-electron chi connectivity index (χ0n) is 14.0. The highest BCUT2D eigenvalue weighted by Crippen LogP contribution is 2.30. The number of carbonyl (C=O) groups is 1. The van der Waals surface area contributed by atoms with Gasteiger partial charge in [0.1, 0.15) is 0 Å². The predicted molar refractivity (Wildman–Crippen MR) is 98.4 cm³/mol. The van der Waals surface area contributed by atoms with Gasteiger partial charge in [-0.05, 0) is 46.2 Å². The molecule has 5 nitrogen and oxygen atoms in total. The van der Waals surface area contributed by atoms with Crippen molar-refractivity contribution in [2.24, 2.45) is 0 Å². The maximum absolute atomic E-state index is 12.3. The number of rotatable bonds is 5. The highest BCUT2D eigenvalue weighted by Gasteiger charge is 2.19. The van der Waals surface area contributed by atoms with Crippen molar-refractivity contribution in [2.45, 2.75) is 49.7 Å². The molecule has 2 rings (SSSR count). The molecule has 1 aromatic heterocycles. The number of nitrogens with one attached hydrogen (secondary N) is 2. The molecule has 1 amide bonds. The number of carbonyl (C=O) groups excluding carboxylic acids is 1. The minimum absolute atomic E-state index is 0.0372. The number of hydrogen-bond acceptors (Lipinski definition) is 6. The highest BCUT2D eigenvalue weighted by atomic mass is 32.2. The fraction of sp³-hybridized carbons (Fsp3) is 0.438. The summed E-state index contributed by atoms with van der Waals surface area (Å²) in [6, 6.07) is 7.74. The third kappa shape index (κ3) is 5.51. The fourth-order valence-electron chi connectivity index (χ4n) is 1.78. The van der Waals surface area contributed by atoms with Crippen LogP contribution in [0, 0.1) is 6.92 Å². The van der Waals surface area contributed by atoms with E-state index < -0.39 is 0 Å². The monoisotopic (exact) mass is 350 g/mol. The second-order valence-corrected chi connectivity index (χ2v) is 8.88. The zero-order chi connectivity index (χ0) is 17.0. The average molecular weight is 351 g/mol. The van der Waals surface area contributed by atoms with Gasteiger partial charge in [-0.1, -0.05) is 41.3 Å². The summed E-state index contributed by atoms with van der Waals surface area (Å²) >= 11 is 2.88. The molecule has 1 heterocycles. The van der Waals surface area contributed by atoms with Crippen molar-refractivity contribution in [2.75, 3.05) is 10.6 Å². The van der Waals surface area contributed by atoms with Crippen LogP contribution in [-0.2, 0) is 4.79 Å². The Morgan fingerprint density at radius 3 is 2.61 bits per heavy atom. The van der Waals surface area contributed by atoms with Gasteiger partial charge in [-0.25, -0.2) is 0 Å². The molecule has 0 saturated heterocycles.